The lowest BCUT2D eigenvalue weighted by Crippen LogP contribution is -2.47. The van der Waals surface area contributed by atoms with E-state index in [1.54, 1.807) is 0 Å². The van der Waals surface area contributed by atoms with Gasteiger partial charge in [-0.2, -0.15) is 13.2 Å². The summed E-state index contributed by atoms with van der Waals surface area (Å²) in [6, 6.07) is 2.33. The van der Waals surface area contributed by atoms with Crippen LogP contribution in [0.5, 0.6) is 0 Å². The van der Waals surface area contributed by atoms with Gasteiger partial charge in [-0.3, -0.25) is 14.5 Å². The second kappa shape index (κ2) is 8.73. The van der Waals surface area contributed by atoms with Gasteiger partial charge in [0.25, 0.3) is 0 Å². The molecule has 2 N–H and O–H groups in total. The van der Waals surface area contributed by atoms with Crippen molar-refractivity contribution in [1.29, 1.82) is 0 Å². The van der Waals surface area contributed by atoms with E-state index in [4.69, 9.17) is 16.7 Å². The molecule has 0 saturated carbocycles. The molecule has 1 aliphatic heterocycles. The third-order valence-corrected chi connectivity index (χ3v) is 4.13. The predicted octanol–water partition coefficient (Wildman–Crippen LogP) is 3.66. The highest BCUT2D eigenvalue weighted by Crippen LogP contribution is 2.36. The van der Waals surface area contributed by atoms with Crippen LogP contribution in [0.2, 0.25) is 5.02 Å². The van der Waals surface area contributed by atoms with Gasteiger partial charge in [-0.1, -0.05) is 18.0 Å². The summed E-state index contributed by atoms with van der Waals surface area (Å²) in [5.41, 5.74) is -1.08. The first kappa shape index (κ1) is 21.5. The summed E-state index contributed by atoms with van der Waals surface area (Å²) < 4.78 is 38.4. The van der Waals surface area contributed by atoms with Crippen LogP contribution in [-0.2, 0) is 15.8 Å². The molecule has 0 aliphatic carbocycles. The van der Waals surface area contributed by atoms with E-state index >= 15 is 0 Å². The maximum atomic E-state index is 12.8. The van der Waals surface area contributed by atoms with Crippen LogP contribution in [0.1, 0.15) is 24.8 Å². The topological polar surface area (TPSA) is 69.6 Å². The van der Waals surface area contributed by atoms with Gasteiger partial charge < -0.3 is 10.4 Å². The van der Waals surface area contributed by atoms with E-state index in [1.165, 1.54) is 11.0 Å². The van der Waals surface area contributed by atoms with Crippen LogP contribution in [0, 0.1) is 0 Å². The van der Waals surface area contributed by atoms with Crippen LogP contribution in [-0.4, -0.2) is 41.0 Å². The number of halogens is 5. The molecule has 10 heteroatoms. The van der Waals surface area contributed by atoms with Gasteiger partial charge in [-0.25, -0.2) is 0 Å². The van der Waals surface area contributed by atoms with Crippen molar-refractivity contribution in [2.24, 2.45) is 0 Å². The van der Waals surface area contributed by atoms with Crippen LogP contribution >= 0.6 is 24.0 Å². The quantitative estimate of drug-likeness (QED) is 0.808. The Bertz CT molecular complexity index is 641. The minimum atomic E-state index is -4.63. The Morgan fingerprint density at radius 3 is 2.60 bits per heavy atom. The van der Waals surface area contributed by atoms with Gasteiger partial charge in [0.15, 0.2) is 0 Å². The van der Waals surface area contributed by atoms with Gasteiger partial charge in [0.2, 0.25) is 5.91 Å². The summed E-state index contributed by atoms with van der Waals surface area (Å²) in [4.78, 5) is 24.7. The molecule has 1 aromatic rings. The second-order valence-corrected chi connectivity index (χ2v) is 5.97. The number of rotatable bonds is 4. The van der Waals surface area contributed by atoms with Gasteiger partial charge in [-0.05, 0) is 37.6 Å². The van der Waals surface area contributed by atoms with E-state index in [-0.39, 0.29) is 24.6 Å². The van der Waals surface area contributed by atoms with Crippen LogP contribution in [0.4, 0.5) is 18.9 Å². The van der Waals surface area contributed by atoms with Gasteiger partial charge in [0.05, 0.1) is 17.1 Å². The van der Waals surface area contributed by atoms with Crippen LogP contribution in [0.25, 0.3) is 0 Å². The number of carbonyl (C=O) groups is 2. The number of aliphatic carboxylic acids is 1. The predicted molar refractivity (Wildman–Crippen MR) is 89.2 cm³/mol. The van der Waals surface area contributed by atoms with Crippen molar-refractivity contribution >= 4 is 41.6 Å². The molecule has 0 radical (unpaired) electrons. The van der Waals surface area contributed by atoms with Crippen molar-refractivity contribution in [3.05, 3.63) is 28.8 Å². The average molecular weight is 401 g/mol. The lowest BCUT2D eigenvalue weighted by Gasteiger charge is -2.32. The molecule has 1 atom stereocenters. The summed E-state index contributed by atoms with van der Waals surface area (Å²) in [5, 5.41) is 11.1. The molecule has 1 heterocycles. The normalized spacial score (nSPS) is 18.3. The zero-order chi connectivity index (χ0) is 17.9. The van der Waals surface area contributed by atoms with Crippen LogP contribution in [0.15, 0.2) is 18.2 Å². The van der Waals surface area contributed by atoms with Crippen molar-refractivity contribution < 1.29 is 27.9 Å². The molecule has 5 nitrogen and oxygen atoms in total. The summed E-state index contributed by atoms with van der Waals surface area (Å²) >= 11 is 5.52. The number of alkyl halides is 3. The standard InChI is InChI=1S/C15H16ClF3N2O3.ClH/c16-11-5-4-9(7-10(11)15(17,18)19)20-13(22)8-21-6-2-1-3-12(21)14(23)24;/h4-5,7,12H,1-3,6,8H2,(H,20,22)(H,23,24);1H. The first-order valence-electron chi connectivity index (χ1n) is 7.32. The minimum absolute atomic E-state index is 0. The molecular weight excluding hydrogens is 384 g/mol. The number of carboxylic acid groups (broad SMARTS) is 1. The van der Waals surface area contributed by atoms with Crippen molar-refractivity contribution in [1.82, 2.24) is 4.90 Å². The lowest BCUT2D eigenvalue weighted by molar-refractivity contribution is -0.145. The lowest BCUT2D eigenvalue weighted by atomic mass is 10.0. The van der Waals surface area contributed by atoms with Gasteiger partial charge >= 0.3 is 12.1 Å². The Hall–Kier alpha value is -1.51. The average Bonchev–Trinajstić information content (AvgIpc) is 2.48. The number of benzene rings is 1. The molecule has 1 amide bonds. The number of nitrogens with one attached hydrogen (secondary N) is 1. The number of piperidine rings is 1. The fourth-order valence-corrected chi connectivity index (χ4v) is 2.89. The molecular formula is C15H17Cl2F3N2O3. The Balaban J connectivity index is 0.00000312. The maximum absolute atomic E-state index is 12.8. The highest BCUT2D eigenvalue weighted by atomic mass is 35.5. The molecule has 0 bridgehead atoms. The molecule has 0 spiro atoms. The van der Waals surface area contributed by atoms with Gasteiger partial charge in [-0.15, -0.1) is 12.4 Å². The number of carboxylic acids is 1. The molecule has 1 aromatic carbocycles. The molecule has 1 unspecified atom stereocenters. The Morgan fingerprint density at radius 2 is 2.00 bits per heavy atom. The fourth-order valence-electron chi connectivity index (χ4n) is 2.67. The smallest absolute Gasteiger partial charge is 0.417 e. The summed E-state index contributed by atoms with van der Waals surface area (Å²) in [5.74, 6) is -1.58. The Labute approximate surface area is 153 Å². The van der Waals surface area contributed by atoms with Crippen molar-refractivity contribution in [3.8, 4) is 0 Å². The summed E-state index contributed by atoms with van der Waals surface area (Å²) in [6.45, 7) is 0.264. The molecule has 25 heavy (non-hydrogen) atoms. The number of carbonyl (C=O) groups excluding carboxylic acids is 1. The highest BCUT2D eigenvalue weighted by molar-refractivity contribution is 6.31. The molecule has 1 fully saturated rings. The third-order valence-electron chi connectivity index (χ3n) is 3.80. The highest BCUT2D eigenvalue weighted by Gasteiger charge is 2.34. The van der Waals surface area contributed by atoms with Crippen molar-refractivity contribution in [3.63, 3.8) is 0 Å². The van der Waals surface area contributed by atoms with Crippen molar-refractivity contribution in [2.75, 3.05) is 18.4 Å². The second-order valence-electron chi connectivity index (χ2n) is 5.56. The Morgan fingerprint density at radius 1 is 1.32 bits per heavy atom. The number of hydrogen-bond donors (Lipinski definition) is 2. The van der Waals surface area contributed by atoms with E-state index in [0.29, 0.717) is 13.0 Å². The molecule has 0 aromatic heterocycles. The fraction of sp³-hybridized carbons (Fsp3) is 0.467. The van der Waals surface area contributed by atoms with E-state index in [9.17, 15) is 22.8 Å². The molecule has 2 rings (SSSR count). The van der Waals surface area contributed by atoms with Gasteiger partial charge in [0.1, 0.15) is 6.04 Å². The largest absolute Gasteiger partial charge is 0.480 e. The Kier molecular flexibility index (Phi) is 7.52. The summed E-state index contributed by atoms with van der Waals surface area (Å²) in [6.07, 6.45) is -2.64. The first-order valence-corrected chi connectivity index (χ1v) is 7.69. The number of amides is 1. The van der Waals surface area contributed by atoms with E-state index < -0.39 is 34.7 Å². The minimum Gasteiger partial charge on any atom is -0.480 e. The van der Waals surface area contributed by atoms with Crippen molar-refractivity contribution in [2.45, 2.75) is 31.5 Å². The van der Waals surface area contributed by atoms with Crippen LogP contribution < -0.4 is 5.32 Å². The number of hydrogen-bond acceptors (Lipinski definition) is 3. The van der Waals surface area contributed by atoms with E-state index in [1.807, 2.05) is 0 Å². The SMILES string of the molecule is Cl.O=C(CN1CCCCC1C(=O)O)Nc1ccc(Cl)c(C(F)(F)F)c1. The maximum Gasteiger partial charge on any atom is 0.417 e. The summed E-state index contributed by atoms with van der Waals surface area (Å²) in [7, 11) is 0. The molecule has 140 valence electrons. The van der Waals surface area contributed by atoms with E-state index in [0.717, 1.165) is 25.0 Å². The first-order chi connectivity index (χ1) is 11.2. The third kappa shape index (κ3) is 5.76. The number of nitrogens with zero attached hydrogens (tertiary/aromatic N) is 1. The molecule has 1 aliphatic rings. The zero-order valence-electron chi connectivity index (χ0n) is 13.0. The van der Waals surface area contributed by atoms with E-state index in [2.05, 4.69) is 5.32 Å². The number of anilines is 1. The monoisotopic (exact) mass is 400 g/mol. The van der Waals surface area contributed by atoms with Crippen LogP contribution in [0.3, 0.4) is 0 Å². The van der Waals surface area contributed by atoms with Gasteiger partial charge in [0, 0.05) is 5.69 Å². The zero-order valence-corrected chi connectivity index (χ0v) is 14.5. The molecule has 1 saturated heterocycles. The number of likely N-dealkylation sites (tertiary alicyclic amines) is 1.